The van der Waals surface area contributed by atoms with Gasteiger partial charge >= 0.3 is 0 Å². The molecule has 0 unspecified atom stereocenters. The van der Waals surface area contributed by atoms with Crippen LogP contribution in [0.1, 0.15) is 5.56 Å². The number of nitrogens with zero attached hydrogens (tertiary/aromatic N) is 1. The predicted octanol–water partition coefficient (Wildman–Crippen LogP) is 5.11. The summed E-state index contributed by atoms with van der Waals surface area (Å²) in [5.41, 5.74) is 1.36. The van der Waals surface area contributed by atoms with E-state index < -0.39 is 7.26 Å². The van der Waals surface area contributed by atoms with Crippen LogP contribution in [0.5, 0.6) is 0 Å². The largest absolute Gasteiger partial charge is 0.298 e. The minimum atomic E-state index is -1.75. The van der Waals surface area contributed by atoms with Gasteiger partial charge in [-0.3, -0.25) is 4.90 Å². The molecule has 0 N–H and O–H groups in total. The first kappa shape index (κ1) is 20.5. The van der Waals surface area contributed by atoms with Crippen LogP contribution >= 0.6 is 7.26 Å². The molecule has 4 aromatic carbocycles. The van der Waals surface area contributed by atoms with Crippen molar-refractivity contribution in [2.45, 2.75) is 6.54 Å². The second kappa shape index (κ2) is 9.85. The SMILES string of the molecule is CN(CC[P+](c1ccccc1)(c1ccccc1)c1ccccc1)Cc1ccccc1. The van der Waals surface area contributed by atoms with E-state index in [2.05, 4.69) is 133 Å². The minimum absolute atomic E-state index is 0.971. The summed E-state index contributed by atoms with van der Waals surface area (Å²) in [5.74, 6) is 0. The Morgan fingerprint density at radius 1 is 0.533 bits per heavy atom. The molecule has 1 nitrogen and oxygen atoms in total. The van der Waals surface area contributed by atoms with Crippen LogP contribution in [-0.4, -0.2) is 24.7 Å². The molecule has 0 saturated carbocycles. The summed E-state index contributed by atoms with van der Waals surface area (Å²) in [5, 5.41) is 4.36. The molecule has 2 heteroatoms. The number of hydrogen-bond donors (Lipinski definition) is 0. The van der Waals surface area contributed by atoms with Crippen LogP contribution < -0.4 is 15.9 Å². The van der Waals surface area contributed by atoms with Gasteiger partial charge in [0.1, 0.15) is 23.2 Å². The maximum absolute atomic E-state index is 2.46. The van der Waals surface area contributed by atoms with E-state index in [9.17, 15) is 0 Å². The first-order chi connectivity index (χ1) is 14.8. The van der Waals surface area contributed by atoms with Gasteiger partial charge < -0.3 is 0 Å². The number of rotatable bonds is 8. The van der Waals surface area contributed by atoms with Crippen molar-refractivity contribution in [1.29, 1.82) is 0 Å². The summed E-state index contributed by atoms with van der Waals surface area (Å²) in [6, 6.07) is 44.2. The molecule has 0 spiro atoms. The molecule has 0 aliphatic heterocycles. The van der Waals surface area contributed by atoms with Gasteiger partial charge in [0.2, 0.25) is 0 Å². The van der Waals surface area contributed by atoms with E-state index in [1.54, 1.807) is 0 Å². The normalized spacial score (nSPS) is 11.5. The van der Waals surface area contributed by atoms with E-state index in [0.717, 1.165) is 19.3 Å². The number of benzene rings is 4. The summed E-state index contributed by atoms with van der Waals surface area (Å²) in [7, 11) is 0.485. The van der Waals surface area contributed by atoms with Crippen LogP contribution in [0.2, 0.25) is 0 Å². The van der Waals surface area contributed by atoms with E-state index in [-0.39, 0.29) is 0 Å². The van der Waals surface area contributed by atoms with Crippen LogP contribution in [0.15, 0.2) is 121 Å². The summed E-state index contributed by atoms with van der Waals surface area (Å²) in [6.07, 6.45) is 1.12. The second-order valence-corrected chi connectivity index (χ2v) is 11.4. The molecule has 0 aromatic heterocycles. The quantitative estimate of drug-likeness (QED) is 0.365. The molecule has 0 radical (unpaired) electrons. The molecule has 4 rings (SSSR count). The Hall–Kier alpha value is -2.73. The Kier molecular flexibility index (Phi) is 6.74. The van der Waals surface area contributed by atoms with Crippen molar-refractivity contribution in [2.75, 3.05) is 19.8 Å². The average molecular weight is 411 g/mol. The maximum Gasteiger partial charge on any atom is 0.113 e. The third kappa shape index (κ3) is 4.54. The van der Waals surface area contributed by atoms with Gasteiger partial charge in [-0.15, -0.1) is 0 Å². The van der Waals surface area contributed by atoms with Crippen molar-refractivity contribution in [3.05, 3.63) is 127 Å². The van der Waals surface area contributed by atoms with Gasteiger partial charge in [-0.25, -0.2) is 0 Å². The second-order valence-electron chi connectivity index (χ2n) is 7.76. The fourth-order valence-corrected chi connectivity index (χ4v) is 8.53. The third-order valence-corrected chi connectivity index (χ3v) is 10.1. The van der Waals surface area contributed by atoms with Gasteiger partial charge in [-0.05, 0) is 49.0 Å². The van der Waals surface area contributed by atoms with Gasteiger partial charge in [-0.2, -0.15) is 0 Å². The molecule has 0 aliphatic carbocycles. The number of hydrogen-bond acceptors (Lipinski definition) is 1. The highest BCUT2D eigenvalue weighted by Crippen LogP contribution is 2.55. The molecule has 150 valence electrons. The van der Waals surface area contributed by atoms with Gasteiger partial charge in [-0.1, -0.05) is 84.9 Å². The lowest BCUT2D eigenvalue weighted by molar-refractivity contribution is 0.348. The molecular weight excluding hydrogens is 381 g/mol. The summed E-state index contributed by atoms with van der Waals surface area (Å²) < 4.78 is 0. The lowest BCUT2D eigenvalue weighted by atomic mass is 10.2. The standard InChI is InChI=1S/C28H29NP/c1-29(24-25-14-6-2-7-15-25)22-23-30(26-16-8-3-9-17-26,27-18-10-4-11-19-27)28-20-12-5-13-21-28/h2-21H,22-24H2,1H3/q+1. The molecule has 0 atom stereocenters. The molecule has 0 saturated heterocycles. The van der Waals surface area contributed by atoms with E-state index in [4.69, 9.17) is 0 Å². The van der Waals surface area contributed by atoms with Crippen molar-refractivity contribution in [3.63, 3.8) is 0 Å². The fraction of sp³-hybridized carbons (Fsp3) is 0.143. The summed E-state index contributed by atoms with van der Waals surface area (Å²) >= 11 is 0. The molecule has 0 fully saturated rings. The highest BCUT2D eigenvalue weighted by atomic mass is 31.2. The van der Waals surface area contributed by atoms with E-state index in [1.807, 2.05) is 0 Å². The monoisotopic (exact) mass is 410 g/mol. The van der Waals surface area contributed by atoms with E-state index in [0.29, 0.717) is 0 Å². The molecular formula is C28H29NP+. The van der Waals surface area contributed by atoms with Crippen molar-refractivity contribution in [2.24, 2.45) is 0 Å². The van der Waals surface area contributed by atoms with Crippen LogP contribution in [0.3, 0.4) is 0 Å². The highest BCUT2D eigenvalue weighted by molar-refractivity contribution is 7.95. The smallest absolute Gasteiger partial charge is 0.113 e. The van der Waals surface area contributed by atoms with Crippen molar-refractivity contribution in [1.82, 2.24) is 4.90 Å². The highest BCUT2D eigenvalue weighted by Gasteiger charge is 2.44. The van der Waals surface area contributed by atoms with Gasteiger partial charge in [0.05, 0.1) is 6.16 Å². The first-order valence-corrected chi connectivity index (χ1v) is 12.5. The zero-order chi connectivity index (χ0) is 20.7. The molecule has 0 amide bonds. The van der Waals surface area contributed by atoms with Crippen LogP contribution in [0.4, 0.5) is 0 Å². The van der Waals surface area contributed by atoms with Gasteiger partial charge in [0.15, 0.2) is 0 Å². The topological polar surface area (TPSA) is 3.24 Å². The van der Waals surface area contributed by atoms with Gasteiger partial charge in [0, 0.05) is 13.1 Å². The van der Waals surface area contributed by atoms with Gasteiger partial charge in [0.25, 0.3) is 0 Å². The Bertz CT molecular complexity index is 921. The van der Waals surface area contributed by atoms with Crippen molar-refractivity contribution >= 4 is 23.2 Å². The molecule has 4 aromatic rings. The van der Waals surface area contributed by atoms with E-state index >= 15 is 0 Å². The zero-order valence-corrected chi connectivity index (χ0v) is 18.5. The average Bonchev–Trinajstić information content (AvgIpc) is 2.82. The Morgan fingerprint density at radius 3 is 1.30 bits per heavy atom. The molecule has 0 heterocycles. The lowest BCUT2D eigenvalue weighted by Crippen LogP contribution is -2.37. The van der Waals surface area contributed by atoms with Crippen LogP contribution in [0.25, 0.3) is 0 Å². The zero-order valence-electron chi connectivity index (χ0n) is 17.6. The lowest BCUT2D eigenvalue weighted by Gasteiger charge is -2.29. The first-order valence-electron chi connectivity index (χ1n) is 10.6. The molecule has 0 aliphatic rings. The Labute approximate surface area is 181 Å². The Balaban J connectivity index is 1.73. The summed E-state index contributed by atoms with van der Waals surface area (Å²) in [4.78, 5) is 2.46. The predicted molar refractivity (Wildman–Crippen MR) is 133 cm³/mol. The fourth-order valence-electron chi connectivity index (χ4n) is 4.18. The van der Waals surface area contributed by atoms with E-state index in [1.165, 1.54) is 21.5 Å². The molecule has 30 heavy (non-hydrogen) atoms. The van der Waals surface area contributed by atoms with Crippen LogP contribution in [-0.2, 0) is 6.54 Å². The Morgan fingerprint density at radius 2 is 0.900 bits per heavy atom. The van der Waals surface area contributed by atoms with Crippen molar-refractivity contribution in [3.8, 4) is 0 Å². The van der Waals surface area contributed by atoms with Crippen LogP contribution in [0, 0.1) is 0 Å². The molecule has 0 bridgehead atoms. The summed E-state index contributed by atoms with van der Waals surface area (Å²) in [6.45, 7) is 2.01. The minimum Gasteiger partial charge on any atom is -0.298 e. The third-order valence-electron chi connectivity index (χ3n) is 5.70. The van der Waals surface area contributed by atoms with Crippen molar-refractivity contribution < 1.29 is 0 Å². The maximum atomic E-state index is 2.46.